The summed E-state index contributed by atoms with van der Waals surface area (Å²) in [5, 5.41) is 11.1. The van der Waals surface area contributed by atoms with Crippen LogP contribution in [-0.2, 0) is 22.7 Å². The van der Waals surface area contributed by atoms with Gasteiger partial charge in [0, 0.05) is 12.6 Å². The molecule has 0 spiro atoms. The first-order chi connectivity index (χ1) is 17.0. The Hall–Kier alpha value is -4.40. The number of amides is 2. The van der Waals surface area contributed by atoms with E-state index in [9.17, 15) is 9.59 Å². The average molecular weight is 474 g/mol. The second kappa shape index (κ2) is 10.7. The van der Waals surface area contributed by atoms with Crippen molar-refractivity contribution >= 4 is 28.5 Å². The number of carbonyl (C=O) groups is 2. The summed E-state index contributed by atoms with van der Waals surface area (Å²) in [6, 6.07) is 20.3. The Morgan fingerprint density at radius 3 is 2.54 bits per heavy atom. The van der Waals surface area contributed by atoms with Crippen molar-refractivity contribution in [3.05, 3.63) is 77.9 Å². The standard InChI is InChI=1S/C26H27N5O4/c1-18-8-4-5-9-19(18)15-30(26(33)17-31-23-11-7-6-10-21(23)28-29-31)16-25(32)27-22-13-12-20(34-2)14-24(22)35-3/h4-14H,15-17H2,1-3H3,(H,27,32). The normalized spacial score (nSPS) is 10.7. The Balaban J connectivity index is 1.55. The minimum absolute atomic E-state index is 0.0362. The first-order valence-electron chi connectivity index (χ1n) is 11.1. The van der Waals surface area contributed by atoms with Crippen molar-refractivity contribution in [2.75, 3.05) is 26.1 Å². The summed E-state index contributed by atoms with van der Waals surface area (Å²) in [5.74, 6) is 0.472. The average Bonchev–Trinajstić information content (AvgIpc) is 3.27. The zero-order valence-electron chi connectivity index (χ0n) is 19.9. The predicted octanol–water partition coefficient (Wildman–Crippen LogP) is 3.42. The number of hydrogen-bond acceptors (Lipinski definition) is 6. The van der Waals surface area contributed by atoms with Crippen LogP contribution in [0, 0.1) is 6.92 Å². The molecule has 0 unspecified atom stereocenters. The van der Waals surface area contributed by atoms with E-state index in [0.29, 0.717) is 22.7 Å². The van der Waals surface area contributed by atoms with Gasteiger partial charge in [-0.3, -0.25) is 9.59 Å². The summed E-state index contributed by atoms with van der Waals surface area (Å²) < 4.78 is 12.1. The number of hydrogen-bond donors (Lipinski definition) is 1. The smallest absolute Gasteiger partial charge is 0.245 e. The van der Waals surface area contributed by atoms with Crippen LogP contribution in [0.2, 0.25) is 0 Å². The van der Waals surface area contributed by atoms with Crippen molar-refractivity contribution in [3.63, 3.8) is 0 Å². The lowest BCUT2D eigenvalue weighted by Crippen LogP contribution is -2.39. The molecule has 0 aliphatic heterocycles. The van der Waals surface area contributed by atoms with Crippen LogP contribution in [0.25, 0.3) is 11.0 Å². The van der Waals surface area contributed by atoms with E-state index >= 15 is 0 Å². The van der Waals surface area contributed by atoms with Crippen molar-refractivity contribution in [1.29, 1.82) is 0 Å². The third-order valence-corrected chi connectivity index (χ3v) is 5.70. The molecule has 0 atom stereocenters. The van der Waals surface area contributed by atoms with Gasteiger partial charge in [-0.05, 0) is 42.3 Å². The summed E-state index contributed by atoms with van der Waals surface area (Å²) in [7, 11) is 3.07. The van der Waals surface area contributed by atoms with Gasteiger partial charge in [-0.1, -0.05) is 41.6 Å². The third kappa shape index (κ3) is 5.57. The van der Waals surface area contributed by atoms with Crippen molar-refractivity contribution in [2.24, 2.45) is 0 Å². The van der Waals surface area contributed by atoms with E-state index in [1.807, 2.05) is 55.5 Å². The monoisotopic (exact) mass is 473 g/mol. The number of methoxy groups -OCH3 is 2. The van der Waals surface area contributed by atoms with Gasteiger partial charge in [0.15, 0.2) is 0 Å². The van der Waals surface area contributed by atoms with Crippen LogP contribution < -0.4 is 14.8 Å². The molecule has 3 aromatic carbocycles. The van der Waals surface area contributed by atoms with Gasteiger partial charge in [-0.2, -0.15) is 0 Å². The molecule has 1 aromatic heterocycles. The van der Waals surface area contributed by atoms with Crippen LogP contribution in [0.3, 0.4) is 0 Å². The molecule has 1 heterocycles. The number of nitrogens with one attached hydrogen (secondary N) is 1. The van der Waals surface area contributed by atoms with Crippen molar-refractivity contribution in [3.8, 4) is 11.5 Å². The van der Waals surface area contributed by atoms with Crippen molar-refractivity contribution < 1.29 is 19.1 Å². The summed E-state index contributed by atoms with van der Waals surface area (Å²) >= 11 is 0. The minimum atomic E-state index is -0.348. The fourth-order valence-corrected chi connectivity index (χ4v) is 3.75. The lowest BCUT2D eigenvalue weighted by atomic mass is 10.1. The van der Waals surface area contributed by atoms with Crippen LogP contribution in [-0.4, -0.2) is 52.5 Å². The molecule has 2 amide bonds. The van der Waals surface area contributed by atoms with E-state index in [1.165, 1.54) is 12.0 Å². The Morgan fingerprint density at radius 1 is 1.00 bits per heavy atom. The number of aryl methyl sites for hydroxylation is 1. The highest BCUT2D eigenvalue weighted by atomic mass is 16.5. The maximum atomic E-state index is 13.4. The zero-order valence-corrected chi connectivity index (χ0v) is 19.9. The summed E-state index contributed by atoms with van der Waals surface area (Å²) in [5.41, 5.74) is 3.94. The van der Waals surface area contributed by atoms with Crippen molar-refractivity contribution in [2.45, 2.75) is 20.0 Å². The molecule has 4 aromatic rings. The minimum Gasteiger partial charge on any atom is -0.497 e. The number of ether oxygens (including phenoxy) is 2. The first-order valence-corrected chi connectivity index (χ1v) is 11.1. The second-order valence-corrected chi connectivity index (χ2v) is 8.03. The molecule has 9 heteroatoms. The van der Waals surface area contributed by atoms with Crippen molar-refractivity contribution in [1.82, 2.24) is 19.9 Å². The summed E-state index contributed by atoms with van der Waals surface area (Å²) in [6.07, 6.45) is 0. The van der Waals surface area contributed by atoms with Gasteiger partial charge in [-0.25, -0.2) is 4.68 Å². The molecule has 1 N–H and O–H groups in total. The number of para-hydroxylation sites is 1. The molecule has 35 heavy (non-hydrogen) atoms. The van der Waals surface area contributed by atoms with Gasteiger partial charge in [0.05, 0.1) is 25.4 Å². The van der Waals surface area contributed by atoms with Crippen LogP contribution in [0.5, 0.6) is 11.5 Å². The highest BCUT2D eigenvalue weighted by Gasteiger charge is 2.21. The highest BCUT2D eigenvalue weighted by molar-refractivity contribution is 5.96. The number of rotatable bonds is 9. The third-order valence-electron chi connectivity index (χ3n) is 5.70. The fraction of sp³-hybridized carbons (Fsp3) is 0.231. The van der Waals surface area contributed by atoms with Gasteiger partial charge in [0.25, 0.3) is 0 Å². The molecular weight excluding hydrogens is 446 g/mol. The van der Waals surface area contributed by atoms with Crippen LogP contribution in [0.15, 0.2) is 66.7 Å². The number of carbonyl (C=O) groups excluding carboxylic acids is 2. The van der Waals surface area contributed by atoms with E-state index in [0.717, 1.165) is 16.6 Å². The van der Waals surface area contributed by atoms with Crippen LogP contribution in [0.1, 0.15) is 11.1 Å². The van der Waals surface area contributed by atoms with E-state index in [4.69, 9.17) is 9.47 Å². The van der Waals surface area contributed by atoms with E-state index in [2.05, 4.69) is 15.6 Å². The van der Waals surface area contributed by atoms with Gasteiger partial charge in [0.1, 0.15) is 30.1 Å². The number of nitrogens with zero attached hydrogens (tertiary/aromatic N) is 4. The number of fused-ring (bicyclic) bond motifs is 1. The van der Waals surface area contributed by atoms with E-state index in [1.54, 1.807) is 30.0 Å². The molecule has 180 valence electrons. The molecule has 0 aliphatic rings. The van der Waals surface area contributed by atoms with Gasteiger partial charge in [-0.15, -0.1) is 5.10 Å². The maximum Gasteiger partial charge on any atom is 0.245 e. The molecule has 0 bridgehead atoms. The Morgan fingerprint density at radius 2 is 1.77 bits per heavy atom. The van der Waals surface area contributed by atoms with E-state index in [-0.39, 0.29) is 31.4 Å². The lowest BCUT2D eigenvalue weighted by molar-refractivity contribution is -0.136. The number of anilines is 1. The quantitative estimate of drug-likeness (QED) is 0.400. The zero-order chi connectivity index (χ0) is 24.8. The molecule has 9 nitrogen and oxygen atoms in total. The summed E-state index contributed by atoms with van der Waals surface area (Å²) in [6.45, 7) is 2.08. The second-order valence-electron chi connectivity index (χ2n) is 8.03. The molecule has 4 rings (SSSR count). The van der Waals surface area contributed by atoms with Gasteiger partial charge < -0.3 is 19.7 Å². The number of aromatic nitrogens is 3. The Kier molecular flexibility index (Phi) is 7.25. The fourth-order valence-electron chi connectivity index (χ4n) is 3.75. The topological polar surface area (TPSA) is 98.6 Å². The number of benzene rings is 3. The largest absolute Gasteiger partial charge is 0.497 e. The van der Waals surface area contributed by atoms with Gasteiger partial charge in [0.2, 0.25) is 11.8 Å². The highest BCUT2D eigenvalue weighted by Crippen LogP contribution is 2.29. The Bertz CT molecular complexity index is 1350. The predicted molar refractivity (Wildman–Crippen MR) is 132 cm³/mol. The van der Waals surface area contributed by atoms with E-state index < -0.39 is 0 Å². The molecule has 0 radical (unpaired) electrons. The molecular formula is C26H27N5O4. The lowest BCUT2D eigenvalue weighted by Gasteiger charge is -2.23. The van der Waals surface area contributed by atoms with Gasteiger partial charge >= 0.3 is 0 Å². The maximum absolute atomic E-state index is 13.4. The molecule has 0 fully saturated rings. The van der Waals surface area contributed by atoms with Crippen LogP contribution >= 0.6 is 0 Å². The first kappa shape index (κ1) is 23.7. The molecule has 0 saturated heterocycles. The molecule has 0 aliphatic carbocycles. The molecule has 0 saturated carbocycles. The SMILES string of the molecule is COc1ccc(NC(=O)CN(Cc2ccccc2C)C(=O)Cn2nnc3ccccc32)c(OC)c1. The Labute approximate surface area is 203 Å². The van der Waals surface area contributed by atoms with Crippen LogP contribution in [0.4, 0.5) is 5.69 Å². The summed E-state index contributed by atoms with van der Waals surface area (Å²) in [4.78, 5) is 27.9.